The molecule has 0 unspecified atom stereocenters. The molecule has 5 rings (SSSR count). The van der Waals surface area contributed by atoms with Gasteiger partial charge in [-0.3, -0.25) is 4.98 Å². The minimum Gasteiger partial charge on any atom is -0.260 e. The molecule has 0 radical (unpaired) electrons. The zero-order valence-corrected chi connectivity index (χ0v) is 11.5. The zero-order valence-electron chi connectivity index (χ0n) is 11.5. The highest BCUT2D eigenvalue weighted by atomic mass is 14.7. The summed E-state index contributed by atoms with van der Waals surface area (Å²) in [5.41, 5.74) is 2.98. The van der Waals surface area contributed by atoms with Crippen LogP contribution in [-0.4, -0.2) is 4.98 Å². The van der Waals surface area contributed by atoms with Gasteiger partial charge in [-0.15, -0.1) is 0 Å². The van der Waals surface area contributed by atoms with E-state index in [1.807, 2.05) is 13.1 Å². The molecule has 0 saturated heterocycles. The molecule has 1 aromatic heterocycles. The van der Waals surface area contributed by atoms with Gasteiger partial charge in [0.1, 0.15) is 6.07 Å². The van der Waals surface area contributed by atoms with E-state index in [-0.39, 0.29) is 0 Å². The van der Waals surface area contributed by atoms with Crippen molar-refractivity contribution in [2.75, 3.05) is 0 Å². The van der Waals surface area contributed by atoms with Gasteiger partial charge < -0.3 is 0 Å². The first kappa shape index (κ1) is 11.5. The van der Waals surface area contributed by atoms with Crippen LogP contribution >= 0.6 is 0 Å². The molecule has 4 fully saturated rings. The van der Waals surface area contributed by atoms with Crippen LogP contribution in [0.4, 0.5) is 0 Å². The largest absolute Gasteiger partial charge is 0.260 e. The molecule has 0 atom stereocenters. The average molecular weight is 252 g/mol. The van der Waals surface area contributed by atoms with E-state index >= 15 is 0 Å². The van der Waals surface area contributed by atoms with Crippen LogP contribution in [0.15, 0.2) is 12.3 Å². The molecular formula is C17H20N2. The maximum Gasteiger partial charge on any atom is 0.101 e. The minimum absolute atomic E-state index is 0.688. The van der Waals surface area contributed by atoms with Crippen LogP contribution in [0.2, 0.25) is 0 Å². The summed E-state index contributed by atoms with van der Waals surface area (Å²) in [6.45, 7) is 1.93. The lowest BCUT2D eigenvalue weighted by Crippen LogP contribution is -2.43. The van der Waals surface area contributed by atoms with Gasteiger partial charge in [-0.25, -0.2) is 0 Å². The summed E-state index contributed by atoms with van der Waals surface area (Å²) >= 11 is 0. The van der Waals surface area contributed by atoms with Crippen molar-refractivity contribution in [2.45, 2.75) is 44.9 Å². The number of pyridine rings is 1. The summed E-state index contributed by atoms with van der Waals surface area (Å²) in [4.78, 5) is 4.46. The summed E-state index contributed by atoms with van der Waals surface area (Å²) in [5, 5.41) is 9.20. The van der Waals surface area contributed by atoms with Gasteiger partial charge in [0, 0.05) is 6.20 Å². The molecule has 0 spiro atoms. The Morgan fingerprint density at radius 3 is 2.32 bits per heavy atom. The standard InChI is InChI=1S/C17H20N2/c1-10-15(8-18)7-16(9-19-10)17-13-3-11-2-12(5-13)6-14(17)4-11/h7,9,11-14,17H,2-6H2,1H3. The van der Waals surface area contributed by atoms with E-state index in [1.54, 1.807) is 0 Å². The molecule has 1 aromatic rings. The number of nitrogens with zero attached hydrogens (tertiary/aromatic N) is 2. The Morgan fingerprint density at radius 2 is 1.74 bits per heavy atom. The van der Waals surface area contributed by atoms with Crippen LogP contribution in [-0.2, 0) is 0 Å². The van der Waals surface area contributed by atoms with Crippen molar-refractivity contribution < 1.29 is 0 Å². The van der Waals surface area contributed by atoms with Gasteiger partial charge in [-0.05, 0) is 80.2 Å². The lowest BCUT2D eigenvalue weighted by molar-refractivity contribution is -0.00289. The lowest BCUT2D eigenvalue weighted by atomic mass is 9.51. The fourth-order valence-electron chi connectivity index (χ4n) is 5.31. The van der Waals surface area contributed by atoms with Crippen LogP contribution in [0.5, 0.6) is 0 Å². The predicted molar refractivity (Wildman–Crippen MR) is 73.5 cm³/mol. The Bertz CT molecular complexity index is 527. The topological polar surface area (TPSA) is 36.7 Å². The van der Waals surface area contributed by atoms with E-state index in [0.29, 0.717) is 5.92 Å². The van der Waals surface area contributed by atoms with Crippen LogP contribution in [0.25, 0.3) is 0 Å². The predicted octanol–water partition coefficient (Wildman–Crippen LogP) is 3.80. The maximum atomic E-state index is 9.20. The second kappa shape index (κ2) is 4.07. The number of aromatic nitrogens is 1. The first-order chi connectivity index (χ1) is 9.24. The molecule has 0 aromatic carbocycles. The SMILES string of the molecule is Cc1ncc(C2C3CC4CC(C3)CC2C4)cc1C#N. The van der Waals surface area contributed by atoms with Crippen molar-refractivity contribution in [2.24, 2.45) is 23.7 Å². The third-order valence-corrected chi connectivity index (χ3v) is 5.84. The van der Waals surface area contributed by atoms with E-state index in [1.165, 1.54) is 37.7 Å². The Labute approximate surface area is 114 Å². The van der Waals surface area contributed by atoms with Gasteiger partial charge in [0.25, 0.3) is 0 Å². The number of hydrogen-bond acceptors (Lipinski definition) is 2. The monoisotopic (exact) mass is 252 g/mol. The van der Waals surface area contributed by atoms with E-state index in [0.717, 1.165) is 34.9 Å². The highest BCUT2D eigenvalue weighted by Gasteiger charge is 2.48. The van der Waals surface area contributed by atoms with Crippen LogP contribution in [0.1, 0.15) is 54.8 Å². The average Bonchev–Trinajstić information content (AvgIpc) is 2.39. The van der Waals surface area contributed by atoms with Crippen molar-refractivity contribution in [3.63, 3.8) is 0 Å². The van der Waals surface area contributed by atoms with Gasteiger partial charge in [0.2, 0.25) is 0 Å². The molecule has 2 heteroatoms. The molecule has 0 amide bonds. The summed E-state index contributed by atoms with van der Waals surface area (Å²) < 4.78 is 0. The molecule has 98 valence electrons. The highest BCUT2D eigenvalue weighted by molar-refractivity contribution is 5.37. The molecule has 2 nitrogen and oxygen atoms in total. The normalized spacial score (nSPS) is 39.3. The zero-order chi connectivity index (χ0) is 13.0. The molecule has 4 aliphatic carbocycles. The second-order valence-corrected chi connectivity index (χ2v) is 6.97. The molecule has 0 aliphatic heterocycles. The van der Waals surface area contributed by atoms with Crippen LogP contribution in [0, 0.1) is 41.9 Å². The Morgan fingerprint density at radius 1 is 1.11 bits per heavy atom. The third kappa shape index (κ3) is 1.71. The molecule has 4 bridgehead atoms. The summed E-state index contributed by atoms with van der Waals surface area (Å²) in [6, 6.07) is 4.42. The van der Waals surface area contributed by atoms with Crippen molar-refractivity contribution in [3.05, 3.63) is 29.1 Å². The van der Waals surface area contributed by atoms with E-state index < -0.39 is 0 Å². The van der Waals surface area contributed by atoms with Gasteiger partial charge in [-0.2, -0.15) is 5.26 Å². The Balaban J connectivity index is 1.71. The molecule has 19 heavy (non-hydrogen) atoms. The van der Waals surface area contributed by atoms with E-state index in [4.69, 9.17) is 0 Å². The van der Waals surface area contributed by atoms with Gasteiger partial charge in [0.05, 0.1) is 11.3 Å². The lowest BCUT2D eigenvalue weighted by Gasteiger charge is -2.54. The van der Waals surface area contributed by atoms with Gasteiger partial charge in [0.15, 0.2) is 0 Å². The first-order valence-electron chi connectivity index (χ1n) is 7.61. The first-order valence-corrected chi connectivity index (χ1v) is 7.61. The molecule has 4 saturated carbocycles. The van der Waals surface area contributed by atoms with E-state index in [9.17, 15) is 5.26 Å². The number of aryl methyl sites for hydroxylation is 1. The number of hydrogen-bond donors (Lipinski definition) is 0. The van der Waals surface area contributed by atoms with Gasteiger partial charge >= 0.3 is 0 Å². The summed E-state index contributed by atoms with van der Waals surface area (Å²) in [7, 11) is 0. The number of nitriles is 1. The number of rotatable bonds is 1. The van der Waals surface area contributed by atoms with Crippen molar-refractivity contribution in [3.8, 4) is 6.07 Å². The smallest absolute Gasteiger partial charge is 0.101 e. The van der Waals surface area contributed by atoms with E-state index in [2.05, 4.69) is 17.1 Å². The third-order valence-electron chi connectivity index (χ3n) is 5.84. The summed E-state index contributed by atoms with van der Waals surface area (Å²) in [5.74, 6) is 4.44. The molecule has 1 heterocycles. The minimum atomic E-state index is 0.688. The van der Waals surface area contributed by atoms with Crippen molar-refractivity contribution in [1.29, 1.82) is 5.26 Å². The van der Waals surface area contributed by atoms with Gasteiger partial charge in [-0.1, -0.05) is 0 Å². The van der Waals surface area contributed by atoms with Crippen molar-refractivity contribution in [1.82, 2.24) is 4.98 Å². The molecular weight excluding hydrogens is 232 g/mol. The van der Waals surface area contributed by atoms with Crippen molar-refractivity contribution >= 4 is 0 Å². The van der Waals surface area contributed by atoms with Crippen LogP contribution in [0.3, 0.4) is 0 Å². The van der Waals surface area contributed by atoms with Crippen LogP contribution < -0.4 is 0 Å². The fraction of sp³-hybridized carbons (Fsp3) is 0.647. The Kier molecular flexibility index (Phi) is 2.45. The quantitative estimate of drug-likeness (QED) is 0.762. The highest BCUT2D eigenvalue weighted by Crippen LogP contribution is 2.59. The summed E-state index contributed by atoms with van der Waals surface area (Å²) in [6.07, 6.45) is 9.24. The Hall–Kier alpha value is -1.36. The second-order valence-electron chi connectivity index (χ2n) is 6.97. The molecule has 0 N–H and O–H groups in total. The molecule has 4 aliphatic rings. The fourth-order valence-corrected chi connectivity index (χ4v) is 5.31. The maximum absolute atomic E-state index is 9.20.